The number of pyridine rings is 4. The third-order valence-corrected chi connectivity index (χ3v) is 16.0. The Morgan fingerprint density at radius 1 is 0.580 bits per heavy atom. The summed E-state index contributed by atoms with van der Waals surface area (Å²) in [6.45, 7) is 23.1. The van der Waals surface area contributed by atoms with Crippen LogP contribution < -0.4 is 32.6 Å². The molecule has 8 aromatic rings. The Bertz CT molecular complexity index is 4040. The lowest BCUT2D eigenvalue weighted by molar-refractivity contribution is -0.127. The molecule has 18 nitrogen and oxygen atoms in total. The summed E-state index contributed by atoms with van der Waals surface area (Å²) in [6, 6.07) is 4.57. The van der Waals surface area contributed by atoms with E-state index in [1.165, 1.54) is 12.2 Å². The van der Waals surface area contributed by atoms with Crippen molar-refractivity contribution in [3.05, 3.63) is 162 Å². The van der Waals surface area contributed by atoms with Crippen molar-refractivity contribution in [3.63, 3.8) is 0 Å². The maximum Gasteiger partial charge on any atom is 0.355 e. The molecule has 8 heterocycles. The zero-order chi connectivity index (χ0) is 64.4. The van der Waals surface area contributed by atoms with Gasteiger partial charge in [0.05, 0.1) is 55.4 Å². The van der Waals surface area contributed by atoms with Crippen molar-refractivity contribution in [3.8, 4) is 33.9 Å². The fourth-order valence-electron chi connectivity index (χ4n) is 10.9. The van der Waals surface area contributed by atoms with Gasteiger partial charge in [0, 0.05) is 63.7 Å². The first-order valence-corrected chi connectivity index (χ1v) is 28.1. The molecule has 88 heavy (non-hydrogen) atoms. The Kier molecular flexibility index (Phi) is 17.8. The molecule has 0 radical (unpaired) electrons. The number of carbonyl (C=O) groups is 2. The number of hydrogen-bond donors (Lipinski definition) is 2. The summed E-state index contributed by atoms with van der Waals surface area (Å²) in [5.41, 5.74) is 6.88. The third-order valence-electron chi connectivity index (χ3n) is 15.3. The highest BCUT2D eigenvalue weighted by Gasteiger charge is 2.35. The molecule has 2 aliphatic heterocycles. The number of carbonyl (C=O) groups excluding carboxylic acids is 2. The Labute approximate surface area is 507 Å². The zero-order valence-corrected chi connectivity index (χ0v) is 50.0. The highest BCUT2D eigenvalue weighted by atomic mass is 35.5. The summed E-state index contributed by atoms with van der Waals surface area (Å²) in [6.07, 6.45) is 5.56. The largest absolute Gasteiger partial charge is 0.397 e. The second kappa shape index (κ2) is 24.6. The average Bonchev–Trinajstić information content (AvgIpc) is 0.763. The van der Waals surface area contributed by atoms with Crippen LogP contribution in [0.15, 0.2) is 71.6 Å². The minimum Gasteiger partial charge on any atom is -0.397 e. The number of piperazine rings is 2. The van der Waals surface area contributed by atoms with Gasteiger partial charge in [-0.1, -0.05) is 64.1 Å². The number of amides is 2. The van der Waals surface area contributed by atoms with Crippen LogP contribution in [0, 0.1) is 60.4 Å². The number of aromatic nitrogens is 8. The van der Waals surface area contributed by atoms with Gasteiger partial charge in [-0.25, -0.2) is 63.8 Å². The lowest BCUT2D eigenvalue weighted by Gasteiger charge is -2.40. The maximum absolute atomic E-state index is 16.0. The summed E-state index contributed by atoms with van der Waals surface area (Å²) >= 11 is 11.8. The number of hydrogen-bond acceptors (Lipinski definition) is 14. The zero-order valence-electron chi connectivity index (χ0n) is 48.5. The number of halogens is 10. The smallest absolute Gasteiger partial charge is 0.355 e. The third kappa shape index (κ3) is 11.0. The first-order valence-electron chi connectivity index (χ1n) is 27.3. The Hall–Kier alpha value is -9.04. The number of fused-ring (bicyclic) bond motifs is 2. The van der Waals surface area contributed by atoms with Gasteiger partial charge >= 0.3 is 11.4 Å². The lowest BCUT2D eigenvalue weighted by Crippen LogP contribution is -2.54. The molecule has 460 valence electrons. The van der Waals surface area contributed by atoms with Gasteiger partial charge in [-0.3, -0.25) is 19.6 Å². The van der Waals surface area contributed by atoms with E-state index in [0.717, 1.165) is 21.3 Å². The number of nitrogens with zero attached hydrogens (tertiary/aromatic N) is 12. The van der Waals surface area contributed by atoms with Gasteiger partial charge in [-0.05, 0) is 87.1 Å². The van der Waals surface area contributed by atoms with Crippen LogP contribution in [0.2, 0.25) is 10.0 Å². The fourth-order valence-corrected chi connectivity index (χ4v) is 11.3. The van der Waals surface area contributed by atoms with Crippen LogP contribution in [0.25, 0.3) is 56.0 Å². The molecule has 0 spiro atoms. The number of aryl methyl sites for hydroxylation is 2. The molecule has 0 unspecified atom stereocenters. The monoisotopic (exact) mass is 1260 g/mol. The van der Waals surface area contributed by atoms with Gasteiger partial charge in [0.25, 0.3) is 0 Å². The summed E-state index contributed by atoms with van der Waals surface area (Å²) in [5, 5.41) is -1.89. The van der Waals surface area contributed by atoms with Gasteiger partial charge in [0.2, 0.25) is 11.8 Å². The van der Waals surface area contributed by atoms with Crippen LogP contribution in [0.3, 0.4) is 0 Å². The molecule has 2 fully saturated rings. The molecule has 28 heteroatoms. The summed E-state index contributed by atoms with van der Waals surface area (Å²) in [5.74, 6) is -13.5. The van der Waals surface area contributed by atoms with E-state index < -0.39 is 102 Å². The van der Waals surface area contributed by atoms with E-state index in [1.54, 1.807) is 71.8 Å². The Morgan fingerprint density at radius 2 is 0.989 bits per heavy atom. The van der Waals surface area contributed by atoms with E-state index in [-0.39, 0.29) is 109 Å². The Morgan fingerprint density at radius 3 is 1.39 bits per heavy atom. The molecule has 10 rings (SSSR count). The van der Waals surface area contributed by atoms with Crippen LogP contribution in [-0.4, -0.2) is 112 Å². The molecule has 2 saturated heterocycles. The SMILES string of the molecule is C=CC(=O)N1CCN(c2nc(=O)n(-c3c(C)ccnc3C(C)C)c3nc(-c4c(F)c(N)c(F)c(F)c4Cl)c(F)cc23)[C@@H](C)C1.C=CC(=O)N1CCN(c2nc(=O)n(-c3c(C)ccnc3C(C)C)c3nc(-c4c(N)c(Cl)c(F)c(F)c4F)c(F)cc23)[C@@H](C)C1. The second-order valence-electron chi connectivity index (χ2n) is 21.7. The van der Waals surface area contributed by atoms with Gasteiger partial charge in [0.15, 0.2) is 57.8 Å². The number of nitrogen functional groups attached to an aromatic ring is 2. The normalized spacial score (nSPS) is 15.4. The molecule has 2 atom stereocenters. The molecule has 2 aliphatic rings. The molecule has 2 amide bonds. The lowest BCUT2D eigenvalue weighted by atomic mass is 10.0. The fraction of sp³-hybridized carbons (Fsp3) is 0.300. The summed E-state index contributed by atoms with van der Waals surface area (Å²) in [4.78, 5) is 85.2. The van der Waals surface area contributed by atoms with Crippen LogP contribution in [-0.2, 0) is 9.59 Å². The number of benzene rings is 2. The summed E-state index contributed by atoms with van der Waals surface area (Å²) < 4.78 is 122. The highest BCUT2D eigenvalue weighted by Crippen LogP contribution is 2.43. The van der Waals surface area contributed by atoms with E-state index in [2.05, 4.69) is 43.1 Å². The van der Waals surface area contributed by atoms with Gasteiger partial charge in [-0.2, -0.15) is 9.97 Å². The standard InChI is InChI=1S/2C30H28ClF4N7O2/c1-6-18(43)40-9-10-41(15(5)12-40)28-16-11-17(32)26(19-21(33)23(35)22(34)20(31)24(19)36)38-29(16)42(30(44)39-28)27-14(4)7-8-37-25(27)13(2)3;1-6-18(43)40-9-10-41(15(5)12-40)28-16-11-17(32)26(19-20(31)22(34)23(35)24(36)21(19)33)38-29(16)42(30(44)39-28)27-14(4)7-8-37-25(27)13(2)3/h2*6-8,11,13,15H,1,9-10,12,36H2,2-5H3/t2*15-/m00/s1. The molecule has 6 aromatic heterocycles. The van der Waals surface area contributed by atoms with E-state index >= 15 is 17.6 Å². The van der Waals surface area contributed by atoms with Gasteiger partial charge < -0.3 is 31.1 Å². The van der Waals surface area contributed by atoms with Crippen LogP contribution in [0.4, 0.5) is 58.1 Å². The van der Waals surface area contributed by atoms with Crippen LogP contribution >= 0.6 is 23.2 Å². The van der Waals surface area contributed by atoms with Crippen molar-refractivity contribution in [2.45, 2.75) is 79.3 Å². The molecule has 0 saturated carbocycles. The van der Waals surface area contributed by atoms with Crippen molar-refractivity contribution < 1.29 is 44.7 Å². The first kappa shape index (κ1) is 63.5. The quantitative estimate of drug-likeness (QED) is 0.0428. The summed E-state index contributed by atoms with van der Waals surface area (Å²) in [7, 11) is 0. The van der Waals surface area contributed by atoms with E-state index in [4.69, 9.17) is 34.7 Å². The van der Waals surface area contributed by atoms with E-state index in [9.17, 15) is 36.7 Å². The molecule has 0 bridgehead atoms. The van der Waals surface area contributed by atoms with Crippen molar-refractivity contribution in [2.24, 2.45) is 0 Å². The van der Waals surface area contributed by atoms with Crippen molar-refractivity contribution in [2.75, 3.05) is 60.5 Å². The Balaban J connectivity index is 0.000000209. The molecule has 4 N–H and O–H groups in total. The number of rotatable bonds is 10. The predicted molar refractivity (Wildman–Crippen MR) is 320 cm³/mol. The minimum atomic E-state index is -1.96. The number of nitrogens with two attached hydrogens (primary N) is 2. The highest BCUT2D eigenvalue weighted by molar-refractivity contribution is 6.34. The number of anilines is 4. The van der Waals surface area contributed by atoms with Gasteiger partial charge in [0.1, 0.15) is 33.7 Å². The minimum absolute atomic E-state index is 0.0613. The maximum atomic E-state index is 16.0. The van der Waals surface area contributed by atoms with Crippen LogP contribution in [0.5, 0.6) is 0 Å². The predicted octanol–water partition coefficient (Wildman–Crippen LogP) is 10.6. The van der Waals surface area contributed by atoms with Crippen molar-refractivity contribution >= 4 is 80.1 Å². The molecule has 0 aliphatic carbocycles. The molecular formula is C60H56Cl2F8N14O4. The molecule has 2 aromatic carbocycles. The average molecular weight is 1260 g/mol. The van der Waals surface area contributed by atoms with Crippen molar-refractivity contribution in [1.29, 1.82) is 0 Å². The van der Waals surface area contributed by atoms with Crippen LogP contribution in [0.1, 0.15) is 75.9 Å². The topological polar surface area (TPSA) is 220 Å². The second-order valence-corrected chi connectivity index (χ2v) is 22.4. The first-order chi connectivity index (χ1) is 41.6. The van der Waals surface area contributed by atoms with E-state index in [1.807, 2.05) is 27.7 Å². The molecular weight excluding hydrogens is 1200 g/mol. The van der Waals surface area contributed by atoms with Gasteiger partial charge in [-0.15, -0.1) is 0 Å². The van der Waals surface area contributed by atoms with E-state index in [0.29, 0.717) is 33.9 Å². The van der Waals surface area contributed by atoms with Crippen molar-refractivity contribution in [1.82, 2.24) is 48.8 Å².